The number of methoxy groups -OCH3 is 1. The van der Waals surface area contributed by atoms with Gasteiger partial charge < -0.3 is 10.1 Å². The van der Waals surface area contributed by atoms with Gasteiger partial charge in [-0.05, 0) is 56.2 Å². The SMILES string of the molecule is COc1cccc(NC(=O)CSc2nnc3cc(C)c4cc(C)cc(C)c4n23)c1. The maximum absolute atomic E-state index is 12.4. The number of hydrogen-bond donors (Lipinski definition) is 1. The lowest BCUT2D eigenvalue weighted by molar-refractivity contribution is -0.113. The van der Waals surface area contributed by atoms with Gasteiger partial charge in [0.1, 0.15) is 5.75 Å². The highest BCUT2D eigenvalue weighted by atomic mass is 32.2. The normalized spacial score (nSPS) is 11.2. The number of fused-ring (bicyclic) bond motifs is 3. The Labute approximate surface area is 173 Å². The maximum Gasteiger partial charge on any atom is 0.234 e. The van der Waals surface area contributed by atoms with E-state index in [0.29, 0.717) is 16.6 Å². The summed E-state index contributed by atoms with van der Waals surface area (Å²) in [6.45, 7) is 6.28. The van der Waals surface area contributed by atoms with Gasteiger partial charge in [0.25, 0.3) is 0 Å². The van der Waals surface area contributed by atoms with Crippen molar-refractivity contribution in [1.29, 1.82) is 0 Å². The molecule has 4 aromatic rings. The Morgan fingerprint density at radius 3 is 2.72 bits per heavy atom. The van der Waals surface area contributed by atoms with Gasteiger partial charge in [-0.15, -0.1) is 10.2 Å². The van der Waals surface area contributed by atoms with E-state index in [0.717, 1.165) is 16.7 Å². The van der Waals surface area contributed by atoms with Crippen molar-refractivity contribution in [2.45, 2.75) is 25.9 Å². The number of nitrogens with zero attached hydrogens (tertiary/aromatic N) is 3. The van der Waals surface area contributed by atoms with Gasteiger partial charge in [-0.2, -0.15) is 0 Å². The van der Waals surface area contributed by atoms with Gasteiger partial charge in [0.15, 0.2) is 10.8 Å². The molecule has 4 rings (SSSR count). The van der Waals surface area contributed by atoms with Crippen LogP contribution in [0.4, 0.5) is 5.69 Å². The summed E-state index contributed by atoms with van der Waals surface area (Å²) >= 11 is 1.37. The minimum absolute atomic E-state index is 0.107. The summed E-state index contributed by atoms with van der Waals surface area (Å²) in [7, 11) is 1.60. The first-order chi connectivity index (χ1) is 14.0. The van der Waals surface area contributed by atoms with E-state index in [1.165, 1.54) is 28.3 Å². The van der Waals surface area contributed by atoms with Crippen LogP contribution in [0.2, 0.25) is 0 Å². The van der Waals surface area contributed by atoms with Crippen molar-refractivity contribution in [3.8, 4) is 5.75 Å². The van der Waals surface area contributed by atoms with Crippen LogP contribution >= 0.6 is 11.8 Å². The molecular weight excluding hydrogens is 384 g/mol. The van der Waals surface area contributed by atoms with Gasteiger partial charge in [-0.25, -0.2) is 0 Å². The number of benzene rings is 2. The van der Waals surface area contributed by atoms with Gasteiger partial charge >= 0.3 is 0 Å². The molecule has 29 heavy (non-hydrogen) atoms. The minimum atomic E-state index is -0.107. The molecule has 0 aliphatic heterocycles. The molecular formula is C22H22N4O2S. The predicted molar refractivity (Wildman–Crippen MR) is 117 cm³/mol. The summed E-state index contributed by atoms with van der Waals surface area (Å²) in [5.74, 6) is 0.827. The van der Waals surface area contributed by atoms with Crippen molar-refractivity contribution >= 4 is 39.9 Å². The van der Waals surface area contributed by atoms with E-state index in [4.69, 9.17) is 4.74 Å². The van der Waals surface area contributed by atoms with E-state index in [9.17, 15) is 4.79 Å². The highest BCUT2D eigenvalue weighted by Crippen LogP contribution is 2.29. The molecule has 0 bridgehead atoms. The molecule has 0 saturated carbocycles. The van der Waals surface area contributed by atoms with Gasteiger partial charge in [0.2, 0.25) is 5.91 Å². The predicted octanol–water partition coefficient (Wildman–Crippen LogP) is 4.55. The molecule has 1 N–H and O–H groups in total. The number of hydrogen-bond acceptors (Lipinski definition) is 5. The third-order valence-corrected chi connectivity index (χ3v) is 5.71. The third-order valence-electron chi connectivity index (χ3n) is 4.78. The van der Waals surface area contributed by atoms with Gasteiger partial charge in [0.05, 0.1) is 18.4 Å². The quantitative estimate of drug-likeness (QED) is 0.493. The molecule has 0 aliphatic carbocycles. The van der Waals surface area contributed by atoms with E-state index in [2.05, 4.69) is 48.4 Å². The van der Waals surface area contributed by atoms with Crippen LogP contribution in [0.15, 0.2) is 47.6 Å². The van der Waals surface area contributed by atoms with Gasteiger partial charge in [-0.3, -0.25) is 9.20 Å². The number of carbonyl (C=O) groups excluding carboxylic acids is 1. The molecule has 0 radical (unpaired) electrons. The number of aromatic nitrogens is 3. The lowest BCUT2D eigenvalue weighted by Gasteiger charge is -2.11. The fraction of sp³-hybridized carbons (Fsp3) is 0.227. The van der Waals surface area contributed by atoms with Crippen LogP contribution in [0.3, 0.4) is 0 Å². The Hall–Kier alpha value is -3.06. The smallest absolute Gasteiger partial charge is 0.234 e. The average Bonchev–Trinajstić information content (AvgIpc) is 3.09. The summed E-state index contributed by atoms with van der Waals surface area (Å²) < 4.78 is 7.24. The molecule has 6 nitrogen and oxygen atoms in total. The molecule has 0 aliphatic rings. The molecule has 0 atom stereocenters. The highest BCUT2D eigenvalue weighted by molar-refractivity contribution is 7.99. The van der Waals surface area contributed by atoms with Crippen LogP contribution in [-0.2, 0) is 4.79 Å². The minimum Gasteiger partial charge on any atom is -0.497 e. The second kappa shape index (κ2) is 7.75. The Bertz CT molecular complexity index is 1230. The zero-order chi connectivity index (χ0) is 20.5. The summed E-state index contributed by atoms with van der Waals surface area (Å²) in [5, 5.41) is 13.4. The molecule has 0 saturated heterocycles. The number of thioether (sulfide) groups is 1. The number of amides is 1. The topological polar surface area (TPSA) is 68.5 Å². The molecule has 1 amide bonds. The Balaban J connectivity index is 1.61. The van der Waals surface area contributed by atoms with Crippen molar-refractivity contribution < 1.29 is 9.53 Å². The van der Waals surface area contributed by atoms with Crippen LogP contribution in [0.1, 0.15) is 16.7 Å². The summed E-state index contributed by atoms with van der Waals surface area (Å²) in [6.07, 6.45) is 0. The summed E-state index contributed by atoms with van der Waals surface area (Å²) in [6, 6.07) is 13.7. The number of ether oxygens (including phenoxy) is 1. The molecule has 0 unspecified atom stereocenters. The van der Waals surface area contributed by atoms with Crippen LogP contribution < -0.4 is 10.1 Å². The van der Waals surface area contributed by atoms with Crippen molar-refractivity contribution in [2.75, 3.05) is 18.2 Å². The van der Waals surface area contributed by atoms with Crippen LogP contribution in [-0.4, -0.2) is 33.4 Å². The number of nitrogens with one attached hydrogen (secondary N) is 1. The maximum atomic E-state index is 12.4. The van der Waals surface area contributed by atoms with Gasteiger partial charge in [-0.1, -0.05) is 29.5 Å². The van der Waals surface area contributed by atoms with Crippen LogP contribution in [0, 0.1) is 20.8 Å². The number of anilines is 1. The first-order valence-electron chi connectivity index (χ1n) is 9.28. The zero-order valence-corrected chi connectivity index (χ0v) is 17.6. The number of aryl methyl sites for hydroxylation is 3. The van der Waals surface area contributed by atoms with E-state index >= 15 is 0 Å². The zero-order valence-electron chi connectivity index (χ0n) is 16.8. The molecule has 2 aromatic carbocycles. The molecule has 2 heterocycles. The lowest BCUT2D eigenvalue weighted by atomic mass is 10.0. The Morgan fingerprint density at radius 1 is 1.10 bits per heavy atom. The molecule has 7 heteroatoms. The molecule has 0 spiro atoms. The second-order valence-corrected chi connectivity index (χ2v) is 7.99. The monoisotopic (exact) mass is 406 g/mol. The largest absolute Gasteiger partial charge is 0.497 e. The van der Waals surface area contributed by atoms with E-state index in [1.807, 2.05) is 28.7 Å². The van der Waals surface area contributed by atoms with E-state index in [-0.39, 0.29) is 11.7 Å². The number of rotatable bonds is 5. The fourth-order valence-electron chi connectivity index (χ4n) is 3.54. The van der Waals surface area contributed by atoms with Crippen molar-refractivity contribution in [3.63, 3.8) is 0 Å². The standard InChI is InChI=1S/C22H22N4O2S/c1-13-8-15(3)21-18(9-13)14(2)10-19-24-25-22(26(19)21)29-12-20(27)23-16-6-5-7-17(11-16)28-4/h5-11H,12H2,1-4H3,(H,23,27). The third kappa shape index (κ3) is 3.78. The fourth-order valence-corrected chi connectivity index (χ4v) is 4.28. The Kier molecular flexibility index (Phi) is 5.15. The summed E-state index contributed by atoms with van der Waals surface area (Å²) in [4.78, 5) is 12.4. The molecule has 148 valence electrons. The van der Waals surface area contributed by atoms with Crippen molar-refractivity contribution in [2.24, 2.45) is 0 Å². The van der Waals surface area contributed by atoms with Crippen LogP contribution in [0.25, 0.3) is 16.6 Å². The van der Waals surface area contributed by atoms with Crippen molar-refractivity contribution in [3.05, 3.63) is 59.2 Å². The van der Waals surface area contributed by atoms with Crippen LogP contribution in [0.5, 0.6) is 5.75 Å². The van der Waals surface area contributed by atoms with E-state index < -0.39 is 0 Å². The first-order valence-corrected chi connectivity index (χ1v) is 10.3. The molecule has 0 fully saturated rings. The first kappa shape index (κ1) is 19.3. The lowest BCUT2D eigenvalue weighted by Crippen LogP contribution is -2.14. The molecule has 2 aromatic heterocycles. The Morgan fingerprint density at radius 2 is 1.93 bits per heavy atom. The average molecular weight is 407 g/mol. The van der Waals surface area contributed by atoms with Crippen molar-refractivity contribution in [1.82, 2.24) is 14.6 Å². The highest BCUT2D eigenvalue weighted by Gasteiger charge is 2.15. The number of carbonyl (C=O) groups is 1. The summed E-state index contributed by atoms with van der Waals surface area (Å²) in [5.41, 5.74) is 6.13. The van der Waals surface area contributed by atoms with E-state index in [1.54, 1.807) is 13.2 Å². The van der Waals surface area contributed by atoms with Gasteiger partial charge in [0, 0.05) is 17.1 Å². The number of pyridine rings is 1. The second-order valence-electron chi connectivity index (χ2n) is 7.05.